The molecule has 1 aliphatic rings. The van der Waals surface area contributed by atoms with Gasteiger partial charge in [0.25, 0.3) is 0 Å². The molecule has 1 heterocycles. The van der Waals surface area contributed by atoms with Crippen molar-refractivity contribution in [2.45, 2.75) is 11.8 Å². The molecular formula is C15H23N3OS. The van der Waals surface area contributed by atoms with E-state index in [4.69, 9.17) is 4.74 Å². The van der Waals surface area contributed by atoms with Crippen LogP contribution in [0.4, 0.5) is 0 Å². The summed E-state index contributed by atoms with van der Waals surface area (Å²) in [7, 11) is 1.80. The summed E-state index contributed by atoms with van der Waals surface area (Å²) >= 11 is 1.85. The minimum Gasteiger partial charge on any atom is -0.380 e. The molecule has 2 N–H and O–H groups in total. The number of hydrogen-bond donors (Lipinski definition) is 2. The van der Waals surface area contributed by atoms with E-state index in [0.717, 1.165) is 38.0 Å². The fourth-order valence-corrected chi connectivity index (χ4v) is 2.71. The highest BCUT2D eigenvalue weighted by atomic mass is 32.2. The molecule has 4 nitrogen and oxygen atoms in total. The third kappa shape index (κ3) is 4.72. The molecule has 0 aromatic heterocycles. The van der Waals surface area contributed by atoms with Crippen molar-refractivity contribution in [2.24, 2.45) is 10.4 Å². The van der Waals surface area contributed by atoms with Crippen LogP contribution >= 0.6 is 11.8 Å². The standard InChI is InChI=1S/C15H23N3OS/c1-15(11-19-12-15)10-18-14(16-2)17-8-9-20-13-6-4-3-5-7-13/h3-7H,8-12H2,1-2H3,(H2,16,17,18). The SMILES string of the molecule is CN=C(NCCSc1ccccc1)NCC1(C)COC1. The van der Waals surface area contributed by atoms with Gasteiger partial charge in [-0.2, -0.15) is 0 Å². The first-order chi connectivity index (χ1) is 9.72. The van der Waals surface area contributed by atoms with Crippen molar-refractivity contribution < 1.29 is 4.74 Å². The van der Waals surface area contributed by atoms with Crippen molar-refractivity contribution in [3.8, 4) is 0 Å². The predicted molar refractivity (Wildman–Crippen MR) is 85.5 cm³/mol. The number of guanidine groups is 1. The van der Waals surface area contributed by atoms with E-state index in [1.807, 2.05) is 17.8 Å². The average Bonchev–Trinajstić information content (AvgIpc) is 2.45. The monoisotopic (exact) mass is 293 g/mol. The number of nitrogens with zero attached hydrogens (tertiary/aromatic N) is 1. The number of aliphatic imine (C=N–C) groups is 1. The molecule has 1 aromatic rings. The van der Waals surface area contributed by atoms with Crippen LogP contribution in [0.1, 0.15) is 6.92 Å². The molecular weight excluding hydrogens is 270 g/mol. The Kier molecular flexibility index (Phi) is 5.73. The number of thioether (sulfide) groups is 1. The Balaban J connectivity index is 1.61. The molecule has 2 rings (SSSR count). The van der Waals surface area contributed by atoms with Gasteiger partial charge in [-0.3, -0.25) is 4.99 Å². The molecule has 0 radical (unpaired) electrons. The lowest BCUT2D eigenvalue weighted by Gasteiger charge is -2.38. The average molecular weight is 293 g/mol. The minimum absolute atomic E-state index is 0.260. The van der Waals surface area contributed by atoms with Crippen LogP contribution in [0.3, 0.4) is 0 Å². The van der Waals surface area contributed by atoms with E-state index in [9.17, 15) is 0 Å². The molecule has 0 aliphatic carbocycles. The molecule has 20 heavy (non-hydrogen) atoms. The Morgan fingerprint density at radius 1 is 1.30 bits per heavy atom. The van der Waals surface area contributed by atoms with Crippen molar-refractivity contribution in [2.75, 3.05) is 39.1 Å². The Morgan fingerprint density at radius 2 is 2.05 bits per heavy atom. The molecule has 1 saturated heterocycles. The Morgan fingerprint density at radius 3 is 2.65 bits per heavy atom. The van der Waals surface area contributed by atoms with Crippen molar-refractivity contribution in [3.63, 3.8) is 0 Å². The highest BCUT2D eigenvalue weighted by molar-refractivity contribution is 7.99. The molecule has 0 spiro atoms. The first kappa shape index (κ1) is 15.2. The van der Waals surface area contributed by atoms with Crippen LogP contribution in [0.15, 0.2) is 40.2 Å². The van der Waals surface area contributed by atoms with Crippen LogP contribution in [0.2, 0.25) is 0 Å². The maximum Gasteiger partial charge on any atom is 0.191 e. The molecule has 0 atom stereocenters. The fraction of sp³-hybridized carbons (Fsp3) is 0.533. The van der Waals surface area contributed by atoms with Crippen molar-refractivity contribution in [1.82, 2.24) is 10.6 Å². The molecule has 0 saturated carbocycles. The van der Waals surface area contributed by atoms with Crippen LogP contribution in [0.5, 0.6) is 0 Å². The van der Waals surface area contributed by atoms with Crippen LogP contribution < -0.4 is 10.6 Å². The third-order valence-electron chi connectivity index (χ3n) is 3.21. The van der Waals surface area contributed by atoms with Gasteiger partial charge >= 0.3 is 0 Å². The molecule has 1 fully saturated rings. The van der Waals surface area contributed by atoms with E-state index in [1.54, 1.807) is 7.05 Å². The molecule has 0 bridgehead atoms. The van der Waals surface area contributed by atoms with Crippen molar-refractivity contribution in [3.05, 3.63) is 30.3 Å². The zero-order valence-electron chi connectivity index (χ0n) is 12.2. The summed E-state index contributed by atoms with van der Waals surface area (Å²) in [5.74, 6) is 1.89. The van der Waals surface area contributed by atoms with Gasteiger partial charge in [-0.1, -0.05) is 25.1 Å². The molecule has 0 unspecified atom stereocenters. The highest BCUT2D eigenvalue weighted by Gasteiger charge is 2.33. The molecule has 0 amide bonds. The second-order valence-corrected chi connectivity index (χ2v) is 6.49. The van der Waals surface area contributed by atoms with Gasteiger partial charge in [0.2, 0.25) is 0 Å². The smallest absolute Gasteiger partial charge is 0.191 e. The number of nitrogens with one attached hydrogen (secondary N) is 2. The van der Waals surface area contributed by atoms with Gasteiger partial charge in [-0.25, -0.2) is 0 Å². The van der Waals surface area contributed by atoms with Gasteiger partial charge < -0.3 is 15.4 Å². The molecule has 1 aliphatic heterocycles. The Hall–Kier alpha value is -1.20. The fourth-order valence-electron chi connectivity index (χ4n) is 1.93. The highest BCUT2D eigenvalue weighted by Crippen LogP contribution is 2.24. The molecule has 110 valence electrons. The maximum absolute atomic E-state index is 5.25. The van der Waals surface area contributed by atoms with Crippen LogP contribution in [0.25, 0.3) is 0 Å². The summed E-state index contributed by atoms with van der Waals surface area (Å²) in [5, 5.41) is 6.70. The summed E-state index contributed by atoms with van der Waals surface area (Å²) in [4.78, 5) is 5.54. The van der Waals surface area contributed by atoms with Gasteiger partial charge in [-0.15, -0.1) is 11.8 Å². The summed E-state index contributed by atoms with van der Waals surface area (Å²) in [6.45, 7) is 5.69. The topological polar surface area (TPSA) is 45.7 Å². The third-order valence-corrected chi connectivity index (χ3v) is 4.23. The Bertz CT molecular complexity index is 432. The maximum atomic E-state index is 5.25. The summed E-state index contributed by atoms with van der Waals surface area (Å²) in [5.41, 5.74) is 0.260. The second-order valence-electron chi connectivity index (χ2n) is 5.32. The van der Waals surface area contributed by atoms with E-state index in [1.165, 1.54) is 4.90 Å². The first-order valence-corrected chi connectivity index (χ1v) is 7.91. The summed E-state index contributed by atoms with van der Waals surface area (Å²) in [6.07, 6.45) is 0. The van der Waals surface area contributed by atoms with Crippen LogP contribution in [0, 0.1) is 5.41 Å². The normalized spacial score (nSPS) is 17.4. The van der Waals surface area contributed by atoms with Crippen molar-refractivity contribution >= 4 is 17.7 Å². The zero-order chi connectivity index (χ0) is 14.3. The number of ether oxygens (including phenoxy) is 1. The molecule has 5 heteroatoms. The lowest BCUT2D eigenvalue weighted by atomic mass is 9.89. The summed E-state index contributed by atoms with van der Waals surface area (Å²) in [6, 6.07) is 10.4. The lowest BCUT2D eigenvalue weighted by molar-refractivity contribution is -0.0971. The quantitative estimate of drug-likeness (QED) is 0.364. The van der Waals surface area contributed by atoms with E-state index >= 15 is 0 Å². The van der Waals surface area contributed by atoms with Crippen LogP contribution in [-0.2, 0) is 4.74 Å². The number of benzene rings is 1. The molecule has 1 aromatic carbocycles. The van der Waals surface area contributed by atoms with E-state index in [0.29, 0.717) is 0 Å². The van der Waals surface area contributed by atoms with Gasteiger partial charge in [-0.05, 0) is 12.1 Å². The minimum atomic E-state index is 0.260. The predicted octanol–water partition coefficient (Wildman–Crippen LogP) is 1.98. The van der Waals surface area contributed by atoms with E-state index < -0.39 is 0 Å². The van der Waals surface area contributed by atoms with Gasteiger partial charge in [0.15, 0.2) is 5.96 Å². The van der Waals surface area contributed by atoms with Crippen molar-refractivity contribution in [1.29, 1.82) is 0 Å². The largest absolute Gasteiger partial charge is 0.380 e. The van der Waals surface area contributed by atoms with Gasteiger partial charge in [0, 0.05) is 36.2 Å². The summed E-state index contributed by atoms with van der Waals surface area (Å²) < 4.78 is 5.25. The second kappa shape index (κ2) is 7.55. The van der Waals surface area contributed by atoms with E-state index in [-0.39, 0.29) is 5.41 Å². The first-order valence-electron chi connectivity index (χ1n) is 6.92. The lowest BCUT2D eigenvalue weighted by Crippen LogP contribution is -2.51. The number of hydrogen-bond acceptors (Lipinski definition) is 3. The number of rotatable bonds is 6. The Labute approximate surface area is 125 Å². The van der Waals surface area contributed by atoms with Gasteiger partial charge in [0.1, 0.15) is 0 Å². The zero-order valence-corrected chi connectivity index (χ0v) is 13.0. The van der Waals surface area contributed by atoms with Crippen LogP contribution in [-0.4, -0.2) is 45.1 Å². The van der Waals surface area contributed by atoms with Gasteiger partial charge in [0.05, 0.1) is 13.2 Å². The van der Waals surface area contributed by atoms with E-state index in [2.05, 4.69) is 46.8 Å².